The van der Waals surface area contributed by atoms with Crippen LogP contribution < -0.4 is 9.86 Å². The summed E-state index contributed by atoms with van der Waals surface area (Å²) in [5, 5.41) is 4.93. The lowest BCUT2D eigenvalue weighted by molar-refractivity contribution is 0.0898. The lowest BCUT2D eigenvalue weighted by Gasteiger charge is -2.25. The van der Waals surface area contributed by atoms with Crippen LogP contribution in [0.15, 0.2) is 83.8 Å². The summed E-state index contributed by atoms with van der Waals surface area (Å²) in [4.78, 5) is 14.6. The first-order valence-electron chi connectivity index (χ1n) is 11.0. The van der Waals surface area contributed by atoms with Gasteiger partial charge < -0.3 is 0 Å². The average Bonchev–Trinajstić information content (AvgIpc) is 2.79. The van der Waals surface area contributed by atoms with Gasteiger partial charge in [0.15, 0.2) is 5.78 Å². The second kappa shape index (κ2) is 12.7. The molecule has 0 aliphatic rings. The summed E-state index contributed by atoms with van der Waals surface area (Å²) in [5.41, 5.74) is 2.96. The molecule has 3 aromatic rings. The van der Waals surface area contributed by atoms with Crippen molar-refractivity contribution < 1.29 is 26.2 Å². The standard InChI is InChI=1S/C18H23N3O3S.C7H8O3S/c1-14(2)21(12-15-6-4-3-5-7-15)13-18(22)16-8-10-17(11-9-16)20-25(19,23)24;1-6-2-4-7(5-3-6)11(8,9)10/h3-11,14,20H,12-13H2,1-2H3,(H2,19,23,24);2-5H,1H3,(H,8,9,10). The number of ketones is 1. The minimum absolute atomic E-state index is 0.0215. The van der Waals surface area contributed by atoms with Gasteiger partial charge in [0.25, 0.3) is 20.3 Å². The van der Waals surface area contributed by atoms with Gasteiger partial charge in [-0.25, -0.2) is 5.14 Å². The second-order valence-electron chi connectivity index (χ2n) is 8.42. The third-order valence-electron chi connectivity index (χ3n) is 5.09. The van der Waals surface area contributed by atoms with Gasteiger partial charge in [0.1, 0.15) is 0 Å². The van der Waals surface area contributed by atoms with Crippen LogP contribution in [-0.2, 0) is 26.9 Å². The van der Waals surface area contributed by atoms with Crippen LogP contribution in [0.4, 0.5) is 5.69 Å². The van der Waals surface area contributed by atoms with Gasteiger partial charge in [-0.1, -0.05) is 48.0 Å². The number of Topliss-reactive ketones (excluding diaryl/α,β-unsaturated/α-hetero) is 1. The Morgan fingerprint density at radius 1 is 0.917 bits per heavy atom. The van der Waals surface area contributed by atoms with E-state index in [2.05, 4.69) is 23.5 Å². The van der Waals surface area contributed by atoms with Crippen LogP contribution in [0.1, 0.15) is 35.3 Å². The molecule has 0 saturated heterocycles. The van der Waals surface area contributed by atoms with E-state index in [-0.39, 0.29) is 23.3 Å². The fraction of sp³-hybridized carbons (Fsp3) is 0.240. The maximum atomic E-state index is 12.5. The Morgan fingerprint density at radius 2 is 1.47 bits per heavy atom. The van der Waals surface area contributed by atoms with Crippen LogP contribution in [0.2, 0.25) is 0 Å². The molecule has 0 aliphatic carbocycles. The van der Waals surface area contributed by atoms with E-state index in [9.17, 15) is 21.6 Å². The first kappa shape index (κ1) is 29.1. The number of nitrogens with two attached hydrogens (primary N) is 1. The van der Waals surface area contributed by atoms with E-state index in [1.807, 2.05) is 37.3 Å². The van der Waals surface area contributed by atoms with E-state index >= 15 is 0 Å². The highest BCUT2D eigenvalue weighted by molar-refractivity contribution is 7.90. The molecule has 4 N–H and O–H groups in total. The van der Waals surface area contributed by atoms with E-state index in [0.29, 0.717) is 17.8 Å². The number of anilines is 1. The van der Waals surface area contributed by atoms with Crippen LogP contribution in [-0.4, -0.2) is 44.7 Å². The van der Waals surface area contributed by atoms with E-state index < -0.39 is 20.3 Å². The van der Waals surface area contributed by atoms with E-state index in [0.717, 1.165) is 11.1 Å². The lowest BCUT2D eigenvalue weighted by Crippen LogP contribution is -2.35. The van der Waals surface area contributed by atoms with Gasteiger partial charge in [0, 0.05) is 23.8 Å². The molecule has 36 heavy (non-hydrogen) atoms. The average molecular weight is 534 g/mol. The van der Waals surface area contributed by atoms with Crippen LogP contribution >= 0.6 is 0 Å². The zero-order valence-corrected chi connectivity index (χ0v) is 22.0. The Labute approximate surface area is 212 Å². The van der Waals surface area contributed by atoms with Crippen molar-refractivity contribution in [1.29, 1.82) is 0 Å². The quantitative estimate of drug-likeness (QED) is 0.281. The van der Waals surface area contributed by atoms with Gasteiger partial charge in [0.2, 0.25) is 0 Å². The van der Waals surface area contributed by atoms with Gasteiger partial charge in [0.05, 0.1) is 11.4 Å². The number of nitrogens with zero attached hydrogens (tertiary/aromatic N) is 1. The van der Waals surface area contributed by atoms with Crippen molar-refractivity contribution in [2.45, 2.75) is 38.3 Å². The molecule has 9 nitrogen and oxygen atoms in total. The number of carbonyl (C=O) groups excluding carboxylic acids is 1. The molecule has 11 heteroatoms. The third-order valence-corrected chi connectivity index (χ3v) is 6.48. The molecular formula is C25H31N3O6S2. The van der Waals surface area contributed by atoms with Crippen molar-refractivity contribution in [2.24, 2.45) is 5.14 Å². The van der Waals surface area contributed by atoms with Crippen LogP contribution in [0.3, 0.4) is 0 Å². The van der Waals surface area contributed by atoms with Crippen LogP contribution in [0.5, 0.6) is 0 Å². The van der Waals surface area contributed by atoms with Crippen molar-refractivity contribution in [3.05, 3.63) is 95.6 Å². The molecule has 0 unspecified atom stereocenters. The summed E-state index contributed by atoms with van der Waals surface area (Å²) >= 11 is 0. The first-order chi connectivity index (χ1) is 16.7. The molecular weight excluding hydrogens is 502 g/mol. The Bertz CT molecular complexity index is 1340. The number of hydrogen-bond donors (Lipinski definition) is 3. The number of rotatable bonds is 9. The van der Waals surface area contributed by atoms with Crippen molar-refractivity contribution in [3.8, 4) is 0 Å². The smallest absolute Gasteiger partial charge is 0.293 e. The molecule has 0 heterocycles. The summed E-state index contributed by atoms with van der Waals surface area (Å²) in [6.45, 7) is 6.92. The van der Waals surface area contributed by atoms with E-state index in [1.165, 1.54) is 24.3 Å². The Hall–Kier alpha value is -3.09. The van der Waals surface area contributed by atoms with E-state index in [1.54, 1.807) is 24.3 Å². The molecule has 0 saturated carbocycles. The summed E-state index contributed by atoms with van der Waals surface area (Å²) in [7, 11) is -7.84. The topological polar surface area (TPSA) is 147 Å². The number of hydrogen-bond acceptors (Lipinski definition) is 6. The zero-order valence-electron chi connectivity index (χ0n) is 20.3. The summed E-state index contributed by atoms with van der Waals surface area (Å²) in [5.74, 6) is -0.0215. The van der Waals surface area contributed by atoms with Crippen molar-refractivity contribution in [3.63, 3.8) is 0 Å². The number of nitrogens with one attached hydrogen (secondary N) is 1. The highest BCUT2D eigenvalue weighted by atomic mass is 32.2. The van der Waals surface area contributed by atoms with E-state index in [4.69, 9.17) is 9.69 Å². The molecule has 0 spiro atoms. The molecule has 194 valence electrons. The molecule has 0 aliphatic heterocycles. The minimum Gasteiger partial charge on any atom is -0.293 e. The molecule has 0 atom stereocenters. The van der Waals surface area contributed by atoms with Gasteiger partial charge in [-0.15, -0.1) is 0 Å². The third kappa shape index (κ3) is 10.3. The van der Waals surface area contributed by atoms with Gasteiger partial charge >= 0.3 is 0 Å². The molecule has 0 bridgehead atoms. The molecule has 3 aromatic carbocycles. The fourth-order valence-electron chi connectivity index (χ4n) is 3.11. The predicted molar refractivity (Wildman–Crippen MR) is 140 cm³/mol. The lowest BCUT2D eigenvalue weighted by atomic mass is 10.1. The second-order valence-corrected chi connectivity index (χ2v) is 11.1. The molecule has 3 rings (SSSR count). The minimum atomic E-state index is -4.02. The number of carbonyl (C=O) groups is 1. The van der Waals surface area contributed by atoms with Crippen molar-refractivity contribution >= 4 is 31.8 Å². The zero-order chi connectivity index (χ0) is 26.9. The van der Waals surface area contributed by atoms with Crippen LogP contribution in [0, 0.1) is 6.92 Å². The summed E-state index contributed by atoms with van der Waals surface area (Å²) in [6, 6.07) is 22.4. The Morgan fingerprint density at radius 3 is 1.94 bits per heavy atom. The van der Waals surface area contributed by atoms with Gasteiger partial charge in [-0.2, -0.15) is 16.8 Å². The first-order valence-corrected chi connectivity index (χ1v) is 14.0. The SMILES string of the molecule is CC(C)N(CC(=O)c1ccc(NS(N)(=O)=O)cc1)Cc1ccccc1.Cc1ccc(S(=O)(=O)O)cc1. The predicted octanol–water partition coefficient (Wildman–Crippen LogP) is 3.64. The Balaban J connectivity index is 0.000000346. The summed E-state index contributed by atoms with van der Waals surface area (Å²) in [6.07, 6.45) is 0. The molecule has 0 aromatic heterocycles. The van der Waals surface area contributed by atoms with Gasteiger partial charge in [-0.3, -0.25) is 19.0 Å². The number of aryl methyl sites for hydroxylation is 1. The van der Waals surface area contributed by atoms with Crippen molar-refractivity contribution in [2.75, 3.05) is 11.3 Å². The fourth-order valence-corrected chi connectivity index (χ4v) is 4.06. The maximum absolute atomic E-state index is 12.5. The normalized spacial score (nSPS) is 11.6. The van der Waals surface area contributed by atoms with Gasteiger partial charge in [-0.05, 0) is 62.7 Å². The highest BCUT2D eigenvalue weighted by Gasteiger charge is 2.16. The molecule has 0 amide bonds. The Kier molecular flexibility index (Phi) is 10.3. The van der Waals surface area contributed by atoms with Crippen LogP contribution in [0.25, 0.3) is 0 Å². The molecule has 0 radical (unpaired) electrons. The number of benzene rings is 3. The molecule has 0 fully saturated rings. The van der Waals surface area contributed by atoms with Crippen molar-refractivity contribution in [1.82, 2.24) is 4.90 Å². The monoisotopic (exact) mass is 533 g/mol. The summed E-state index contributed by atoms with van der Waals surface area (Å²) < 4.78 is 53.7. The maximum Gasteiger partial charge on any atom is 0.296 e. The highest BCUT2D eigenvalue weighted by Crippen LogP contribution is 2.14. The largest absolute Gasteiger partial charge is 0.296 e.